The van der Waals surface area contributed by atoms with Crippen molar-refractivity contribution in [2.75, 3.05) is 11.5 Å². The molecule has 2 rings (SSSR count). The highest BCUT2D eigenvalue weighted by molar-refractivity contribution is 6.32. The Balaban J connectivity index is 2.23. The number of hydrogen-bond acceptors (Lipinski definition) is 4. The summed E-state index contributed by atoms with van der Waals surface area (Å²) < 4.78 is 5.11. The van der Waals surface area contributed by atoms with Crippen molar-refractivity contribution in [1.29, 1.82) is 5.26 Å². The van der Waals surface area contributed by atoms with Crippen LogP contribution in [0.2, 0.25) is 0 Å². The molecule has 1 aromatic carbocycles. The predicted octanol–water partition coefficient (Wildman–Crippen LogP) is 1.80. The molecule has 0 atom stereocenters. The van der Waals surface area contributed by atoms with Gasteiger partial charge < -0.3 is 4.74 Å². The number of anilines is 1. The molecule has 1 aromatic rings. The summed E-state index contributed by atoms with van der Waals surface area (Å²) in [5.41, 5.74) is 1.43. The Morgan fingerprint density at radius 3 is 2.11 bits per heavy atom. The van der Waals surface area contributed by atoms with Crippen LogP contribution in [0, 0.1) is 11.3 Å². The Bertz CT molecular complexity index is 585. The van der Waals surface area contributed by atoms with Crippen LogP contribution in [0.25, 0.3) is 0 Å². The second-order valence-corrected chi connectivity index (χ2v) is 4.14. The number of benzene rings is 1. The number of rotatable bonds is 3. The average molecular weight is 256 g/mol. The van der Waals surface area contributed by atoms with Crippen molar-refractivity contribution in [2.24, 2.45) is 0 Å². The molecule has 1 aliphatic heterocycles. The molecule has 19 heavy (non-hydrogen) atoms. The van der Waals surface area contributed by atoms with Gasteiger partial charge in [-0.3, -0.25) is 9.59 Å². The highest BCUT2D eigenvalue weighted by Crippen LogP contribution is 2.27. The van der Waals surface area contributed by atoms with Crippen LogP contribution in [0.15, 0.2) is 35.4 Å². The Morgan fingerprint density at radius 1 is 1.11 bits per heavy atom. The van der Waals surface area contributed by atoms with E-state index in [2.05, 4.69) is 0 Å². The summed E-state index contributed by atoms with van der Waals surface area (Å²) in [7, 11) is 0. The number of imide groups is 1. The zero-order valence-electron chi connectivity index (χ0n) is 10.6. The lowest BCUT2D eigenvalue weighted by Gasteiger charge is -2.15. The van der Waals surface area contributed by atoms with Gasteiger partial charge in [-0.2, -0.15) is 5.26 Å². The Labute approximate surface area is 110 Å². The van der Waals surface area contributed by atoms with Gasteiger partial charge in [0, 0.05) is 11.1 Å². The molecule has 0 saturated carbocycles. The summed E-state index contributed by atoms with van der Waals surface area (Å²) in [4.78, 5) is 25.1. The summed E-state index contributed by atoms with van der Waals surface area (Å²) in [5.74, 6) is -0.0767. The minimum absolute atomic E-state index is 0.0410. The molecular formula is C14H12N2O3. The molecule has 0 unspecified atom stereocenters. The Morgan fingerprint density at radius 2 is 1.63 bits per heavy atom. The number of carbonyl (C=O) groups excluding carboxylic acids is 2. The van der Waals surface area contributed by atoms with Gasteiger partial charge in [0.05, 0.1) is 5.69 Å². The first-order valence-electron chi connectivity index (χ1n) is 5.72. The van der Waals surface area contributed by atoms with Crippen molar-refractivity contribution >= 4 is 17.5 Å². The van der Waals surface area contributed by atoms with E-state index in [1.807, 2.05) is 6.07 Å². The van der Waals surface area contributed by atoms with E-state index >= 15 is 0 Å². The van der Waals surface area contributed by atoms with Gasteiger partial charge in [-0.05, 0) is 38.1 Å². The van der Waals surface area contributed by atoms with Crippen LogP contribution in [0.5, 0.6) is 5.75 Å². The maximum absolute atomic E-state index is 12.0. The third-order valence-corrected chi connectivity index (χ3v) is 3.01. The first-order valence-corrected chi connectivity index (χ1v) is 5.72. The van der Waals surface area contributed by atoms with Gasteiger partial charge >= 0.3 is 0 Å². The minimum atomic E-state index is -0.298. The van der Waals surface area contributed by atoms with Crippen LogP contribution in [-0.4, -0.2) is 18.4 Å². The van der Waals surface area contributed by atoms with Gasteiger partial charge in [-0.1, -0.05) is 0 Å². The molecule has 0 N–H and O–H groups in total. The molecule has 0 bridgehead atoms. The first-order chi connectivity index (χ1) is 9.06. The maximum Gasteiger partial charge on any atom is 0.261 e. The maximum atomic E-state index is 12.0. The summed E-state index contributed by atoms with van der Waals surface area (Å²) in [6.07, 6.45) is 0. The largest absolute Gasteiger partial charge is 0.479 e. The van der Waals surface area contributed by atoms with Crippen LogP contribution >= 0.6 is 0 Å². The molecule has 0 aliphatic carbocycles. The van der Waals surface area contributed by atoms with Crippen molar-refractivity contribution in [3.63, 3.8) is 0 Å². The SMILES string of the molecule is CC1=C(C)C(=O)N(c2ccc(OCC#N)cc2)C1=O. The Kier molecular flexibility index (Phi) is 3.34. The van der Waals surface area contributed by atoms with E-state index in [9.17, 15) is 9.59 Å². The van der Waals surface area contributed by atoms with Gasteiger partial charge in [0.2, 0.25) is 0 Å². The quantitative estimate of drug-likeness (QED) is 0.773. The van der Waals surface area contributed by atoms with E-state index in [0.717, 1.165) is 4.90 Å². The predicted molar refractivity (Wildman–Crippen MR) is 68.4 cm³/mol. The van der Waals surface area contributed by atoms with E-state index in [4.69, 9.17) is 10.00 Å². The lowest BCUT2D eigenvalue weighted by molar-refractivity contribution is -0.120. The monoisotopic (exact) mass is 256 g/mol. The first kappa shape index (κ1) is 12.8. The van der Waals surface area contributed by atoms with Crippen molar-refractivity contribution in [1.82, 2.24) is 0 Å². The molecule has 0 radical (unpaired) electrons. The topological polar surface area (TPSA) is 70.4 Å². The number of hydrogen-bond donors (Lipinski definition) is 0. The third kappa shape index (κ3) is 2.20. The van der Waals surface area contributed by atoms with E-state index in [-0.39, 0.29) is 18.4 Å². The van der Waals surface area contributed by atoms with Gasteiger partial charge in [0.15, 0.2) is 6.61 Å². The van der Waals surface area contributed by atoms with Crippen LogP contribution in [0.4, 0.5) is 5.69 Å². The van der Waals surface area contributed by atoms with Crippen LogP contribution in [-0.2, 0) is 9.59 Å². The lowest BCUT2D eigenvalue weighted by atomic mass is 10.2. The highest BCUT2D eigenvalue weighted by Gasteiger charge is 2.34. The molecule has 0 fully saturated rings. The van der Waals surface area contributed by atoms with Crippen molar-refractivity contribution in [3.05, 3.63) is 35.4 Å². The molecule has 0 saturated heterocycles. The zero-order valence-corrected chi connectivity index (χ0v) is 10.6. The molecular weight excluding hydrogens is 244 g/mol. The van der Waals surface area contributed by atoms with Gasteiger partial charge in [-0.25, -0.2) is 4.90 Å². The van der Waals surface area contributed by atoms with Crippen LogP contribution in [0.1, 0.15) is 13.8 Å². The molecule has 5 nitrogen and oxygen atoms in total. The number of carbonyl (C=O) groups is 2. The highest BCUT2D eigenvalue weighted by atomic mass is 16.5. The number of ether oxygens (including phenoxy) is 1. The smallest absolute Gasteiger partial charge is 0.261 e. The molecule has 2 amide bonds. The number of nitrogens with zero attached hydrogens (tertiary/aromatic N) is 2. The second-order valence-electron chi connectivity index (χ2n) is 4.14. The molecule has 5 heteroatoms. The number of nitriles is 1. The van der Waals surface area contributed by atoms with Crippen molar-refractivity contribution in [3.8, 4) is 11.8 Å². The van der Waals surface area contributed by atoms with E-state index in [0.29, 0.717) is 22.6 Å². The average Bonchev–Trinajstić information content (AvgIpc) is 2.62. The fourth-order valence-corrected chi connectivity index (χ4v) is 1.79. The summed E-state index contributed by atoms with van der Waals surface area (Å²) in [6, 6.07) is 8.35. The number of amides is 2. The normalized spacial score (nSPS) is 14.9. The van der Waals surface area contributed by atoms with Crippen LogP contribution < -0.4 is 9.64 Å². The molecule has 0 aromatic heterocycles. The van der Waals surface area contributed by atoms with Crippen molar-refractivity contribution < 1.29 is 14.3 Å². The van der Waals surface area contributed by atoms with E-state index in [1.54, 1.807) is 38.1 Å². The zero-order chi connectivity index (χ0) is 14.0. The van der Waals surface area contributed by atoms with Crippen molar-refractivity contribution in [2.45, 2.75) is 13.8 Å². The van der Waals surface area contributed by atoms with Gasteiger partial charge in [0.25, 0.3) is 11.8 Å². The molecule has 96 valence electrons. The van der Waals surface area contributed by atoms with E-state index < -0.39 is 0 Å². The fourth-order valence-electron chi connectivity index (χ4n) is 1.79. The van der Waals surface area contributed by atoms with Crippen LogP contribution in [0.3, 0.4) is 0 Å². The molecule has 1 aliphatic rings. The second kappa shape index (κ2) is 4.94. The summed E-state index contributed by atoms with van der Waals surface area (Å²) in [6.45, 7) is 3.24. The Hall–Kier alpha value is -2.61. The molecule has 0 spiro atoms. The standard InChI is InChI=1S/C14H12N2O3/c1-9-10(2)14(18)16(13(9)17)11-3-5-12(6-4-11)19-8-7-15/h3-6H,8H2,1-2H3. The van der Waals surface area contributed by atoms with Gasteiger partial charge in [-0.15, -0.1) is 0 Å². The minimum Gasteiger partial charge on any atom is -0.479 e. The summed E-state index contributed by atoms with van der Waals surface area (Å²) >= 11 is 0. The van der Waals surface area contributed by atoms with E-state index in [1.165, 1.54) is 0 Å². The summed E-state index contributed by atoms with van der Waals surface area (Å²) in [5, 5.41) is 8.40. The molecule has 1 heterocycles. The van der Waals surface area contributed by atoms with Gasteiger partial charge in [0.1, 0.15) is 11.8 Å². The fraction of sp³-hybridized carbons (Fsp3) is 0.214. The lowest BCUT2D eigenvalue weighted by Crippen LogP contribution is -2.31. The third-order valence-electron chi connectivity index (χ3n) is 3.01.